The Morgan fingerprint density at radius 1 is 1.33 bits per heavy atom. The molecule has 4 nitrogen and oxygen atoms in total. The van der Waals surface area contributed by atoms with Crippen LogP contribution in [0.4, 0.5) is 0 Å². The van der Waals surface area contributed by atoms with Gasteiger partial charge in [0.05, 0.1) is 0 Å². The molecule has 4 heteroatoms. The first-order chi connectivity index (χ1) is 10.0. The molecule has 0 saturated carbocycles. The standard InChI is InChI=1S/C17H23NO3/c1-13(2)18(9-5-11-20)17(21)16-8-7-14(3)15(12-16)6-4-10-19/h7-8,12-13,19-20H,5,9-11H2,1-3H3. The molecule has 0 aliphatic carbocycles. The van der Waals surface area contributed by atoms with E-state index < -0.39 is 0 Å². The number of nitrogens with zero attached hydrogens (tertiary/aromatic N) is 1. The highest BCUT2D eigenvalue weighted by Crippen LogP contribution is 2.14. The van der Waals surface area contributed by atoms with Gasteiger partial charge in [0, 0.05) is 30.3 Å². The summed E-state index contributed by atoms with van der Waals surface area (Å²) in [5, 5.41) is 17.7. The smallest absolute Gasteiger partial charge is 0.254 e. The highest BCUT2D eigenvalue weighted by atomic mass is 16.3. The van der Waals surface area contributed by atoms with Crippen LogP contribution in [0.3, 0.4) is 0 Å². The molecule has 0 aromatic heterocycles. The minimum Gasteiger partial charge on any atom is -0.396 e. The zero-order valence-corrected chi connectivity index (χ0v) is 12.9. The molecule has 1 aromatic carbocycles. The van der Waals surface area contributed by atoms with Crippen LogP contribution < -0.4 is 0 Å². The van der Waals surface area contributed by atoms with E-state index in [9.17, 15) is 4.79 Å². The van der Waals surface area contributed by atoms with Gasteiger partial charge in [-0.1, -0.05) is 17.9 Å². The van der Waals surface area contributed by atoms with Gasteiger partial charge in [-0.15, -0.1) is 0 Å². The fourth-order valence-corrected chi connectivity index (χ4v) is 2.03. The molecule has 0 spiro atoms. The summed E-state index contributed by atoms with van der Waals surface area (Å²) in [6, 6.07) is 5.47. The van der Waals surface area contributed by atoms with Gasteiger partial charge in [-0.3, -0.25) is 4.79 Å². The molecule has 0 aliphatic heterocycles. The SMILES string of the molecule is Cc1ccc(C(=O)N(CCCO)C(C)C)cc1C#CCO. The van der Waals surface area contributed by atoms with Crippen LogP contribution in [0.2, 0.25) is 0 Å². The van der Waals surface area contributed by atoms with E-state index in [1.165, 1.54) is 0 Å². The largest absolute Gasteiger partial charge is 0.396 e. The zero-order valence-electron chi connectivity index (χ0n) is 12.9. The molecule has 1 aromatic rings. The third-order valence-electron chi connectivity index (χ3n) is 3.23. The quantitative estimate of drug-likeness (QED) is 0.809. The summed E-state index contributed by atoms with van der Waals surface area (Å²) in [7, 11) is 0. The van der Waals surface area contributed by atoms with Crippen molar-refractivity contribution in [2.45, 2.75) is 33.2 Å². The van der Waals surface area contributed by atoms with Crippen molar-refractivity contribution in [1.82, 2.24) is 4.90 Å². The predicted octanol–water partition coefficient (Wildman–Crippen LogP) is 1.57. The topological polar surface area (TPSA) is 60.8 Å². The molecule has 0 bridgehead atoms. The number of aliphatic hydroxyl groups excluding tert-OH is 2. The van der Waals surface area contributed by atoms with E-state index in [0.29, 0.717) is 18.5 Å². The summed E-state index contributed by atoms with van der Waals surface area (Å²) in [4.78, 5) is 14.3. The molecule has 114 valence electrons. The second kappa shape index (κ2) is 8.46. The summed E-state index contributed by atoms with van der Waals surface area (Å²) < 4.78 is 0. The summed E-state index contributed by atoms with van der Waals surface area (Å²) in [6.45, 7) is 6.22. The lowest BCUT2D eigenvalue weighted by Gasteiger charge is -2.26. The van der Waals surface area contributed by atoms with Crippen LogP contribution in [0.25, 0.3) is 0 Å². The second-order valence-electron chi connectivity index (χ2n) is 5.16. The van der Waals surface area contributed by atoms with E-state index >= 15 is 0 Å². The lowest BCUT2D eigenvalue weighted by Crippen LogP contribution is -2.38. The molecule has 1 amide bonds. The van der Waals surface area contributed by atoms with Crippen LogP contribution in [0.15, 0.2) is 18.2 Å². The second-order valence-corrected chi connectivity index (χ2v) is 5.16. The average molecular weight is 289 g/mol. The van der Waals surface area contributed by atoms with E-state index in [-0.39, 0.29) is 25.2 Å². The van der Waals surface area contributed by atoms with Gasteiger partial charge in [0.2, 0.25) is 0 Å². The average Bonchev–Trinajstić information content (AvgIpc) is 2.46. The number of carbonyl (C=O) groups excluding carboxylic acids is 1. The fraction of sp³-hybridized carbons (Fsp3) is 0.471. The lowest BCUT2D eigenvalue weighted by molar-refractivity contribution is 0.0693. The Hall–Kier alpha value is -1.83. The molecule has 0 saturated heterocycles. The molecule has 0 radical (unpaired) electrons. The van der Waals surface area contributed by atoms with Gasteiger partial charge in [-0.05, 0) is 44.9 Å². The Morgan fingerprint density at radius 2 is 2.05 bits per heavy atom. The number of rotatable bonds is 5. The number of hydrogen-bond donors (Lipinski definition) is 2. The van der Waals surface area contributed by atoms with Gasteiger partial charge in [-0.2, -0.15) is 0 Å². The number of hydrogen-bond acceptors (Lipinski definition) is 3. The van der Waals surface area contributed by atoms with Crippen molar-refractivity contribution in [3.05, 3.63) is 34.9 Å². The number of aliphatic hydroxyl groups is 2. The van der Waals surface area contributed by atoms with Gasteiger partial charge in [0.1, 0.15) is 6.61 Å². The van der Waals surface area contributed by atoms with E-state index in [2.05, 4.69) is 11.8 Å². The van der Waals surface area contributed by atoms with Crippen LogP contribution in [0, 0.1) is 18.8 Å². The molecule has 1 rings (SSSR count). The predicted molar refractivity (Wildman–Crippen MR) is 83.0 cm³/mol. The monoisotopic (exact) mass is 289 g/mol. The van der Waals surface area contributed by atoms with E-state index in [0.717, 1.165) is 11.1 Å². The van der Waals surface area contributed by atoms with Crippen molar-refractivity contribution >= 4 is 5.91 Å². The maximum absolute atomic E-state index is 12.6. The maximum atomic E-state index is 12.6. The van der Waals surface area contributed by atoms with Crippen molar-refractivity contribution in [3.63, 3.8) is 0 Å². The van der Waals surface area contributed by atoms with Crippen molar-refractivity contribution in [2.75, 3.05) is 19.8 Å². The minimum atomic E-state index is -0.202. The third kappa shape index (κ3) is 4.89. The molecule has 2 N–H and O–H groups in total. The van der Waals surface area contributed by atoms with Gasteiger partial charge < -0.3 is 15.1 Å². The normalized spacial score (nSPS) is 10.2. The number of carbonyl (C=O) groups is 1. The van der Waals surface area contributed by atoms with E-state index in [4.69, 9.17) is 10.2 Å². The third-order valence-corrected chi connectivity index (χ3v) is 3.23. The summed E-state index contributed by atoms with van der Waals surface area (Å²) in [5.41, 5.74) is 2.30. The van der Waals surface area contributed by atoms with E-state index in [1.54, 1.807) is 17.0 Å². The number of amides is 1. The Morgan fingerprint density at radius 3 is 2.62 bits per heavy atom. The first-order valence-electron chi connectivity index (χ1n) is 7.13. The van der Waals surface area contributed by atoms with Crippen molar-refractivity contribution < 1.29 is 15.0 Å². The van der Waals surface area contributed by atoms with Crippen LogP contribution in [-0.4, -0.2) is 46.8 Å². The van der Waals surface area contributed by atoms with Crippen LogP contribution in [0.1, 0.15) is 41.8 Å². The van der Waals surface area contributed by atoms with Crippen LogP contribution >= 0.6 is 0 Å². The van der Waals surface area contributed by atoms with Crippen molar-refractivity contribution in [2.24, 2.45) is 0 Å². The molecule has 0 unspecified atom stereocenters. The molecule has 0 heterocycles. The van der Waals surface area contributed by atoms with Gasteiger partial charge in [-0.25, -0.2) is 0 Å². The summed E-state index contributed by atoms with van der Waals surface area (Å²) in [5.74, 6) is 5.40. The van der Waals surface area contributed by atoms with E-state index in [1.807, 2.05) is 26.8 Å². The molecular weight excluding hydrogens is 266 g/mol. The van der Waals surface area contributed by atoms with Crippen LogP contribution in [0.5, 0.6) is 0 Å². The van der Waals surface area contributed by atoms with Gasteiger partial charge in [0.25, 0.3) is 5.91 Å². The van der Waals surface area contributed by atoms with Crippen LogP contribution in [-0.2, 0) is 0 Å². The maximum Gasteiger partial charge on any atom is 0.254 e. The van der Waals surface area contributed by atoms with Gasteiger partial charge in [0.15, 0.2) is 0 Å². The van der Waals surface area contributed by atoms with Crippen molar-refractivity contribution in [3.8, 4) is 11.8 Å². The fourth-order valence-electron chi connectivity index (χ4n) is 2.03. The highest BCUT2D eigenvalue weighted by molar-refractivity contribution is 5.95. The number of benzene rings is 1. The number of aryl methyl sites for hydroxylation is 1. The summed E-state index contributed by atoms with van der Waals surface area (Å²) >= 11 is 0. The van der Waals surface area contributed by atoms with Gasteiger partial charge >= 0.3 is 0 Å². The van der Waals surface area contributed by atoms with Crippen molar-refractivity contribution in [1.29, 1.82) is 0 Å². The first kappa shape index (κ1) is 17.2. The zero-order chi connectivity index (χ0) is 15.8. The first-order valence-corrected chi connectivity index (χ1v) is 7.13. The highest BCUT2D eigenvalue weighted by Gasteiger charge is 2.18. The Labute approximate surface area is 126 Å². The minimum absolute atomic E-state index is 0.0644. The Kier molecular flexibility index (Phi) is 6.93. The molecule has 0 aliphatic rings. The molecule has 21 heavy (non-hydrogen) atoms. The molecular formula is C17H23NO3. The molecule has 0 atom stereocenters. The Bertz CT molecular complexity index is 541. The lowest BCUT2D eigenvalue weighted by atomic mass is 10.0. The summed E-state index contributed by atoms with van der Waals surface area (Å²) in [6.07, 6.45) is 0.562. The molecule has 0 fully saturated rings. The Balaban J connectivity index is 3.05.